The second kappa shape index (κ2) is 5.35. The quantitative estimate of drug-likeness (QED) is 0.719. The van der Waals surface area contributed by atoms with Gasteiger partial charge < -0.3 is 5.73 Å². The Morgan fingerprint density at radius 2 is 1.88 bits per heavy atom. The van der Waals surface area contributed by atoms with Crippen molar-refractivity contribution in [3.05, 3.63) is 12.2 Å². The fraction of sp³-hybridized carbons (Fsp3) is 0.867. The van der Waals surface area contributed by atoms with E-state index in [4.69, 9.17) is 5.73 Å². The van der Waals surface area contributed by atoms with Crippen LogP contribution in [0.25, 0.3) is 0 Å². The average molecular weight is 223 g/mol. The highest BCUT2D eigenvalue weighted by atomic mass is 14.6. The standard InChI is InChI=1S/C15H29N/c1-11(2)8-13-9-14(15(3,4)5)7-6-12(13)10-16/h12-14H,1,6-10,16H2,2-5H3. The van der Waals surface area contributed by atoms with E-state index < -0.39 is 0 Å². The van der Waals surface area contributed by atoms with E-state index in [2.05, 4.69) is 34.3 Å². The Labute approximate surface area is 101 Å². The minimum atomic E-state index is 0.451. The molecule has 1 aliphatic carbocycles. The number of hydrogen-bond acceptors (Lipinski definition) is 1. The Morgan fingerprint density at radius 3 is 2.31 bits per heavy atom. The maximum Gasteiger partial charge on any atom is -0.00461 e. The summed E-state index contributed by atoms with van der Waals surface area (Å²) in [7, 11) is 0. The highest BCUT2D eigenvalue weighted by Crippen LogP contribution is 2.44. The van der Waals surface area contributed by atoms with Gasteiger partial charge >= 0.3 is 0 Å². The van der Waals surface area contributed by atoms with Gasteiger partial charge in [-0.25, -0.2) is 0 Å². The zero-order chi connectivity index (χ0) is 12.3. The zero-order valence-electron chi connectivity index (χ0n) is 11.6. The summed E-state index contributed by atoms with van der Waals surface area (Å²) in [6.07, 6.45) is 5.20. The van der Waals surface area contributed by atoms with Crippen LogP contribution in [0.4, 0.5) is 0 Å². The SMILES string of the molecule is C=C(C)CC1CC(C(C)(C)C)CCC1CN. The first-order valence-corrected chi connectivity index (χ1v) is 6.69. The van der Waals surface area contributed by atoms with Gasteiger partial charge in [-0.05, 0) is 62.3 Å². The molecule has 2 N–H and O–H groups in total. The summed E-state index contributed by atoms with van der Waals surface area (Å²) in [5.74, 6) is 2.37. The van der Waals surface area contributed by atoms with Gasteiger partial charge in [0.1, 0.15) is 0 Å². The molecule has 0 amide bonds. The van der Waals surface area contributed by atoms with Gasteiger partial charge in [-0.15, -0.1) is 6.58 Å². The van der Waals surface area contributed by atoms with Gasteiger partial charge in [0.15, 0.2) is 0 Å². The average Bonchev–Trinajstić information content (AvgIpc) is 2.15. The van der Waals surface area contributed by atoms with E-state index >= 15 is 0 Å². The molecule has 1 rings (SSSR count). The van der Waals surface area contributed by atoms with Crippen LogP contribution in [0.15, 0.2) is 12.2 Å². The van der Waals surface area contributed by atoms with E-state index in [9.17, 15) is 0 Å². The highest BCUT2D eigenvalue weighted by Gasteiger charge is 2.34. The maximum absolute atomic E-state index is 5.89. The third kappa shape index (κ3) is 3.62. The molecule has 0 aliphatic heterocycles. The van der Waals surface area contributed by atoms with Crippen molar-refractivity contribution < 1.29 is 0 Å². The molecular formula is C15H29N. The van der Waals surface area contributed by atoms with Gasteiger partial charge in [-0.3, -0.25) is 0 Å². The molecule has 0 radical (unpaired) electrons. The smallest absolute Gasteiger partial charge is 0.00461 e. The molecule has 0 aromatic carbocycles. The fourth-order valence-electron chi connectivity index (χ4n) is 3.12. The van der Waals surface area contributed by atoms with E-state index in [0.717, 1.165) is 24.3 Å². The van der Waals surface area contributed by atoms with E-state index in [1.165, 1.54) is 31.3 Å². The van der Waals surface area contributed by atoms with Crippen LogP contribution in [0, 0.1) is 23.2 Å². The number of allylic oxidation sites excluding steroid dienone is 1. The van der Waals surface area contributed by atoms with Crippen LogP contribution in [0.2, 0.25) is 0 Å². The first kappa shape index (κ1) is 13.8. The second-order valence-corrected chi connectivity index (χ2v) is 6.79. The van der Waals surface area contributed by atoms with Crippen molar-refractivity contribution in [2.75, 3.05) is 6.54 Å². The molecule has 1 fully saturated rings. The third-order valence-corrected chi connectivity index (χ3v) is 4.28. The summed E-state index contributed by atoms with van der Waals surface area (Å²) >= 11 is 0. The van der Waals surface area contributed by atoms with Crippen LogP contribution < -0.4 is 5.73 Å². The van der Waals surface area contributed by atoms with E-state index in [-0.39, 0.29) is 0 Å². The lowest BCUT2D eigenvalue weighted by atomic mass is 9.64. The van der Waals surface area contributed by atoms with Crippen molar-refractivity contribution in [2.45, 2.75) is 53.4 Å². The maximum atomic E-state index is 5.89. The molecule has 0 saturated heterocycles. The Morgan fingerprint density at radius 1 is 1.25 bits per heavy atom. The van der Waals surface area contributed by atoms with Gasteiger partial charge in [0.25, 0.3) is 0 Å². The summed E-state index contributed by atoms with van der Waals surface area (Å²) in [5, 5.41) is 0. The molecule has 16 heavy (non-hydrogen) atoms. The molecule has 3 atom stereocenters. The largest absolute Gasteiger partial charge is 0.330 e. The van der Waals surface area contributed by atoms with Crippen LogP contribution in [-0.4, -0.2) is 6.54 Å². The van der Waals surface area contributed by atoms with Crippen molar-refractivity contribution >= 4 is 0 Å². The first-order valence-electron chi connectivity index (χ1n) is 6.69. The monoisotopic (exact) mass is 223 g/mol. The molecule has 1 nitrogen and oxygen atoms in total. The summed E-state index contributed by atoms with van der Waals surface area (Å²) in [6.45, 7) is 14.2. The van der Waals surface area contributed by atoms with Crippen molar-refractivity contribution in [1.29, 1.82) is 0 Å². The predicted octanol–water partition coefficient (Wildman–Crippen LogP) is 3.99. The number of rotatable bonds is 3. The summed E-state index contributed by atoms with van der Waals surface area (Å²) < 4.78 is 0. The van der Waals surface area contributed by atoms with Crippen LogP contribution in [0.5, 0.6) is 0 Å². The van der Waals surface area contributed by atoms with E-state index in [1.54, 1.807) is 0 Å². The summed E-state index contributed by atoms with van der Waals surface area (Å²) in [6, 6.07) is 0. The Hall–Kier alpha value is -0.300. The topological polar surface area (TPSA) is 26.0 Å². The molecule has 0 aromatic heterocycles. The van der Waals surface area contributed by atoms with Crippen LogP contribution in [0.3, 0.4) is 0 Å². The molecule has 1 heteroatoms. The molecule has 1 saturated carbocycles. The Bertz CT molecular complexity index is 236. The molecular weight excluding hydrogens is 194 g/mol. The Kier molecular flexibility index (Phi) is 4.61. The third-order valence-electron chi connectivity index (χ3n) is 4.28. The zero-order valence-corrected chi connectivity index (χ0v) is 11.6. The summed E-state index contributed by atoms with van der Waals surface area (Å²) in [5.41, 5.74) is 7.66. The highest BCUT2D eigenvalue weighted by molar-refractivity contribution is 4.95. The second-order valence-electron chi connectivity index (χ2n) is 6.79. The molecule has 3 unspecified atom stereocenters. The van der Waals surface area contributed by atoms with Crippen LogP contribution >= 0.6 is 0 Å². The van der Waals surface area contributed by atoms with Gasteiger partial charge in [0.05, 0.1) is 0 Å². The van der Waals surface area contributed by atoms with E-state index in [1.807, 2.05) is 0 Å². The van der Waals surface area contributed by atoms with Gasteiger partial charge in [-0.2, -0.15) is 0 Å². The minimum Gasteiger partial charge on any atom is -0.330 e. The van der Waals surface area contributed by atoms with Gasteiger partial charge in [0.2, 0.25) is 0 Å². The van der Waals surface area contributed by atoms with Crippen LogP contribution in [0.1, 0.15) is 53.4 Å². The Balaban J connectivity index is 2.65. The normalized spacial score (nSPS) is 31.4. The van der Waals surface area contributed by atoms with Crippen molar-refractivity contribution in [2.24, 2.45) is 28.9 Å². The predicted molar refractivity (Wildman–Crippen MR) is 72.3 cm³/mol. The van der Waals surface area contributed by atoms with Crippen molar-refractivity contribution in [3.63, 3.8) is 0 Å². The molecule has 0 bridgehead atoms. The molecule has 0 aromatic rings. The molecule has 94 valence electrons. The van der Waals surface area contributed by atoms with Crippen molar-refractivity contribution in [3.8, 4) is 0 Å². The first-order chi connectivity index (χ1) is 7.34. The lowest BCUT2D eigenvalue weighted by Crippen LogP contribution is -2.35. The molecule has 0 spiro atoms. The van der Waals surface area contributed by atoms with Crippen LogP contribution in [-0.2, 0) is 0 Å². The molecule has 1 aliphatic rings. The van der Waals surface area contributed by atoms with E-state index in [0.29, 0.717) is 5.41 Å². The lowest BCUT2D eigenvalue weighted by molar-refractivity contribution is 0.101. The summed E-state index contributed by atoms with van der Waals surface area (Å²) in [4.78, 5) is 0. The molecule has 0 heterocycles. The van der Waals surface area contributed by atoms with Gasteiger partial charge in [0, 0.05) is 0 Å². The fourth-order valence-corrected chi connectivity index (χ4v) is 3.12. The minimum absolute atomic E-state index is 0.451. The van der Waals surface area contributed by atoms with Gasteiger partial charge in [-0.1, -0.05) is 26.3 Å². The van der Waals surface area contributed by atoms with Crippen molar-refractivity contribution in [1.82, 2.24) is 0 Å². The number of nitrogens with two attached hydrogens (primary N) is 1. The number of hydrogen-bond donors (Lipinski definition) is 1. The lowest BCUT2D eigenvalue weighted by Gasteiger charge is -2.41.